The fourth-order valence-corrected chi connectivity index (χ4v) is 2.26. The lowest BCUT2D eigenvalue weighted by Crippen LogP contribution is -2.35. The lowest BCUT2D eigenvalue weighted by atomic mass is 10.1. The van der Waals surface area contributed by atoms with Crippen molar-refractivity contribution in [2.45, 2.75) is 19.9 Å². The molecule has 0 aliphatic heterocycles. The first kappa shape index (κ1) is 14.7. The molecule has 0 radical (unpaired) electrons. The highest BCUT2D eigenvalue weighted by molar-refractivity contribution is 6.00. The quantitative estimate of drug-likeness (QED) is 0.670. The van der Waals surface area contributed by atoms with Gasteiger partial charge >= 0.3 is 5.97 Å². The average molecular weight is 289 g/mol. The summed E-state index contributed by atoms with van der Waals surface area (Å²) in [5.74, 6) is -0.959. The molecule has 1 aromatic carbocycles. The van der Waals surface area contributed by atoms with Crippen LogP contribution in [0, 0.1) is 10.1 Å². The minimum atomic E-state index is -0.959. The maximum atomic E-state index is 11.1. The summed E-state index contributed by atoms with van der Waals surface area (Å²) in [4.78, 5) is 27.3. The van der Waals surface area contributed by atoms with Gasteiger partial charge in [-0.05, 0) is 26.0 Å². The van der Waals surface area contributed by atoms with Crippen LogP contribution in [0.2, 0.25) is 0 Å². The van der Waals surface area contributed by atoms with Crippen molar-refractivity contribution < 1.29 is 14.8 Å². The normalized spacial score (nSPS) is 10.8. The number of nitrogens with zero attached hydrogens (tertiary/aromatic N) is 3. The second-order valence-electron chi connectivity index (χ2n) is 4.90. The summed E-state index contributed by atoms with van der Waals surface area (Å²) in [6, 6.07) is 4.47. The monoisotopic (exact) mass is 289 g/mol. The molecule has 0 fully saturated rings. The van der Waals surface area contributed by atoms with Gasteiger partial charge in [-0.3, -0.25) is 19.9 Å². The Bertz CT molecular complexity index is 700. The Kier molecular flexibility index (Phi) is 4.02. The molecule has 0 saturated carbocycles. The number of nitro benzene ring substituents is 1. The first-order chi connectivity index (χ1) is 9.91. The highest BCUT2D eigenvalue weighted by Crippen LogP contribution is 2.33. The van der Waals surface area contributed by atoms with Crippen molar-refractivity contribution >= 4 is 28.1 Å². The topological polar surface area (TPSA) is 96.6 Å². The maximum Gasteiger partial charge on any atom is 0.323 e. The van der Waals surface area contributed by atoms with Gasteiger partial charge in [-0.25, -0.2) is 0 Å². The molecule has 2 aromatic rings. The summed E-state index contributed by atoms with van der Waals surface area (Å²) in [5, 5.41) is 21.1. The number of aliphatic carboxylic acids is 1. The third-order valence-corrected chi connectivity index (χ3v) is 3.21. The van der Waals surface area contributed by atoms with E-state index in [0.29, 0.717) is 16.5 Å². The number of rotatable bonds is 5. The fourth-order valence-electron chi connectivity index (χ4n) is 2.26. The van der Waals surface area contributed by atoms with Gasteiger partial charge < -0.3 is 10.0 Å². The molecule has 0 aliphatic carbocycles. The molecule has 2 rings (SSSR count). The van der Waals surface area contributed by atoms with Gasteiger partial charge in [-0.15, -0.1) is 0 Å². The van der Waals surface area contributed by atoms with E-state index >= 15 is 0 Å². The molecule has 1 aromatic heterocycles. The van der Waals surface area contributed by atoms with Crippen LogP contribution in [0.5, 0.6) is 0 Å². The van der Waals surface area contributed by atoms with Crippen molar-refractivity contribution in [2.24, 2.45) is 0 Å². The van der Waals surface area contributed by atoms with E-state index in [0.717, 1.165) is 0 Å². The smallest absolute Gasteiger partial charge is 0.323 e. The predicted octanol–water partition coefficient (Wildman–Crippen LogP) is 2.44. The molecule has 0 amide bonds. The number of benzene rings is 1. The number of anilines is 1. The number of hydrogen-bond donors (Lipinski definition) is 1. The Labute approximate surface area is 121 Å². The van der Waals surface area contributed by atoms with Gasteiger partial charge in [-0.1, -0.05) is 0 Å². The van der Waals surface area contributed by atoms with Crippen molar-refractivity contribution in [1.29, 1.82) is 0 Å². The molecule has 7 nitrogen and oxygen atoms in total. The standard InChI is InChI=1S/C14H15N3O4/c1-9(2)16(8-14(18)19)12-3-4-13(17(20)21)10-5-6-15-7-11(10)12/h3-7,9H,8H2,1-2H3,(H,18,19). The van der Waals surface area contributed by atoms with Gasteiger partial charge in [-0.2, -0.15) is 0 Å². The molecule has 1 heterocycles. The Morgan fingerprint density at radius 1 is 1.38 bits per heavy atom. The zero-order valence-electron chi connectivity index (χ0n) is 11.7. The van der Waals surface area contributed by atoms with Crippen LogP contribution < -0.4 is 4.90 Å². The second-order valence-corrected chi connectivity index (χ2v) is 4.90. The van der Waals surface area contributed by atoms with Crippen LogP contribution in [0.15, 0.2) is 30.6 Å². The molecule has 21 heavy (non-hydrogen) atoms. The third kappa shape index (κ3) is 2.91. The largest absolute Gasteiger partial charge is 0.480 e. The number of hydrogen-bond acceptors (Lipinski definition) is 5. The van der Waals surface area contributed by atoms with E-state index in [1.807, 2.05) is 13.8 Å². The van der Waals surface area contributed by atoms with Crippen LogP contribution >= 0.6 is 0 Å². The number of aromatic nitrogens is 1. The number of carbonyl (C=O) groups is 1. The van der Waals surface area contributed by atoms with Crippen LogP contribution in [-0.4, -0.2) is 33.6 Å². The van der Waals surface area contributed by atoms with E-state index in [-0.39, 0.29) is 18.3 Å². The Balaban J connectivity index is 2.66. The van der Waals surface area contributed by atoms with E-state index in [1.165, 1.54) is 18.5 Å². The molecule has 0 aliphatic rings. The Morgan fingerprint density at radius 3 is 2.67 bits per heavy atom. The van der Waals surface area contributed by atoms with Crippen LogP contribution in [0.4, 0.5) is 11.4 Å². The lowest BCUT2D eigenvalue weighted by molar-refractivity contribution is -0.383. The van der Waals surface area contributed by atoms with Gasteiger partial charge in [0.25, 0.3) is 5.69 Å². The summed E-state index contributed by atoms with van der Waals surface area (Å²) in [6.07, 6.45) is 3.00. The highest BCUT2D eigenvalue weighted by Gasteiger charge is 2.20. The molecule has 0 unspecified atom stereocenters. The summed E-state index contributed by atoms with van der Waals surface area (Å²) in [5.41, 5.74) is 0.608. The highest BCUT2D eigenvalue weighted by atomic mass is 16.6. The van der Waals surface area contributed by atoms with E-state index in [9.17, 15) is 14.9 Å². The molecule has 0 saturated heterocycles. The molecule has 0 bridgehead atoms. The van der Waals surface area contributed by atoms with Crippen LogP contribution in [0.1, 0.15) is 13.8 Å². The van der Waals surface area contributed by atoms with Gasteiger partial charge in [0, 0.05) is 35.6 Å². The van der Waals surface area contributed by atoms with Crippen LogP contribution in [0.3, 0.4) is 0 Å². The minimum Gasteiger partial charge on any atom is -0.480 e. The molecular formula is C14H15N3O4. The Morgan fingerprint density at radius 2 is 2.10 bits per heavy atom. The molecule has 0 spiro atoms. The van der Waals surface area contributed by atoms with Crippen molar-refractivity contribution in [1.82, 2.24) is 4.98 Å². The van der Waals surface area contributed by atoms with Crippen LogP contribution in [-0.2, 0) is 4.79 Å². The minimum absolute atomic E-state index is 0.0184. The molecule has 7 heteroatoms. The van der Waals surface area contributed by atoms with Crippen molar-refractivity contribution in [3.63, 3.8) is 0 Å². The third-order valence-electron chi connectivity index (χ3n) is 3.21. The van der Waals surface area contributed by atoms with Gasteiger partial charge in [0.1, 0.15) is 6.54 Å². The zero-order valence-corrected chi connectivity index (χ0v) is 11.7. The van der Waals surface area contributed by atoms with E-state index in [1.54, 1.807) is 17.0 Å². The summed E-state index contributed by atoms with van der Waals surface area (Å²) < 4.78 is 0. The number of non-ortho nitro benzene ring substituents is 1. The number of carboxylic acid groups (broad SMARTS) is 1. The Hall–Kier alpha value is -2.70. The van der Waals surface area contributed by atoms with Gasteiger partial charge in [0.15, 0.2) is 0 Å². The number of pyridine rings is 1. The SMILES string of the molecule is CC(C)N(CC(=O)O)c1ccc([N+](=O)[O-])c2ccncc12. The maximum absolute atomic E-state index is 11.1. The molecule has 1 N–H and O–H groups in total. The number of fused-ring (bicyclic) bond motifs is 1. The average Bonchev–Trinajstić information content (AvgIpc) is 2.43. The summed E-state index contributed by atoms with van der Waals surface area (Å²) in [7, 11) is 0. The van der Waals surface area contributed by atoms with Crippen molar-refractivity contribution in [3.8, 4) is 0 Å². The lowest BCUT2D eigenvalue weighted by Gasteiger charge is -2.28. The fraction of sp³-hybridized carbons (Fsp3) is 0.286. The van der Waals surface area contributed by atoms with E-state index < -0.39 is 10.9 Å². The molecule has 110 valence electrons. The number of nitro groups is 1. The van der Waals surface area contributed by atoms with E-state index in [4.69, 9.17) is 5.11 Å². The zero-order chi connectivity index (χ0) is 15.6. The van der Waals surface area contributed by atoms with Crippen LogP contribution in [0.25, 0.3) is 10.8 Å². The first-order valence-corrected chi connectivity index (χ1v) is 6.41. The first-order valence-electron chi connectivity index (χ1n) is 6.41. The van der Waals surface area contributed by atoms with Crippen molar-refractivity contribution in [2.75, 3.05) is 11.4 Å². The molecular weight excluding hydrogens is 274 g/mol. The summed E-state index contributed by atoms with van der Waals surface area (Å²) >= 11 is 0. The van der Waals surface area contributed by atoms with Crippen molar-refractivity contribution in [3.05, 3.63) is 40.7 Å². The predicted molar refractivity (Wildman–Crippen MR) is 78.5 cm³/mol. The molecule has 0 atom stereocenters. The van der Waals surface area contributed by atoms with E-state index in [2.05, 4.69) is 4.98 Å². The second kappa shape index (κ2) is 5.74. The summed E-state index contributed by atoms with van der Waals surface area (Å²) in [6.45, 7) is 3.55. The van der Waals surface area contributed by atoms with Gasteiger partial charge in [0.05, 0.1) is 10.3 Å². The van der Waals surface area contributed by atoms with Gasteiger partial charge in [0.2, 0.25) is 0 Å². The number of carboxylic acids is 1.